The minimum atomic E-state index is -4.23. The van der Waals surface area contributed by atoms with E-state index in [1.165, 1.54) is 12.4 Å². The molecule has 1 heterocycles. The molecule has 1 aliphatic carbocycles. The minimum absolute atomic E-state index is 0.0357. The summed E-state index contributed by atoms with van der Waals surface area (Å²) < 4.78 is 39.7. The molecule has 2 rings (SSSR count). The summed E-state index contributed by atoms with van der Waals surface area (Å²) in [5.74, 6) is 0. The van der Waals surface area contributed by atoms with Gasteiger partial charge in [-0.3, -0.25) is 4.98 Å². The van der Waals surface area contributed by atoms with Crippen LogP contribution < -0.4 is 5.32 Å². The molecule has 0 aromatic carbocycles. The Morgan fingerprint density at radius 1 is 1.24 bits per heavy atom. The van der Waals surface area contributed by atoms with Crippen molar-refractivity contribution in [3.05, 3.63) is 30.1 Å². The highest BCUT2D eigenvalue weighted by Crippen LogP contribution is 2.36. The molecule has 0 saturated heterocycles. The van der Waals surface area contributed by atoms with Crippen molar-refractivity contribution in [1.29, 1.82) is 0 Å². The lowest BCUT2D eigenvalue weighted by Gasteiger charge is -2.37. The Morgan fingerprint density at radius 2 is 1.81 bits per heavy atom. The number of alkyl halides is 3. The Bertz CT molecular complexity index is 433. The van der Waals surface area contributed by atoms with E-state index in [9.17, 15) is 13.2 Å². The van der Waals surface area contributed by atoms with E-state index < -0.39 is 12.2 Å². The van der Waals surface area contributed by atoms with Crippen molar-refractivity contribution in [3.63, 3.8) is 0 Å². The molecule has 1 saturated carbocycles. The van der Waals surface area contributed by atoms with Gasteiger partial charge in [0.2, 0.25) is 0 Å². The van der Waals surface area contributed by atoms with E-state index in [1.807, 2.05) is 0 Å². The zero-order valence-electron chi connectivity index (χ0n) is 12.6. The highest BCUT2D eigenvalue weighted by atomic mass is 19.4. The van der Waals surface area contributed by atoms with Gasteiger partial charge in [0.25, 0.3) is 0 Å². The Labute approximate surface area is 124 Å². The fourth-order valence-electron chi connectivity index (χ4n) is 2.87. The van der Waals surface area contributed by atoms with Gasteiger partial charge < -0.3 is 5.32 Å². The molecule has 1 N–H and O–H groups in total. The zero-order chi connectivity index (χ0) is 15.5. The topological polar surface area (TPSA) is 24.9 Å². The van der Waals surface area contributed by atoms with Crippen molar-refractivity contribution < 1.29 is 13.2 Å². The van der Waals surface area contributed by atoms with Crippen LogP contribution in [0.1, 0.15) is 45.1 Å². The van der Waals surface area contributed by atoms with Crippen LogP contribution in [0, 0.1) is 5.41 Å². The molecular formula is C16H23F3N2. The van der Waals surface area contributed by atoms with Gasteiger partial charge >= 0.3 is 6.18 Å². The second-order valence-corrected chi connectivity index (χ2v) is 6.76. The summed E-state index contributed by atoms with van der Waals surface area (Å²) in [5.41, 5.74) is 0.924. The maximum atomic E-state index is 13.2. The average Bonchev–Trinajstić information content (AvgIpc) is 2.40. The van der Waals surface area contributed by atoms with Crippen molar-refractivity contribution in [1.82, 2.24) is 10.3 Å². The normalized spacial score (nSPS) is 21.2. The van der Waals surface area contributed by atoms with E-state index in [4.69, 9.17) is 0 Å². The number of pyridine rings is 1. The fraction of sp³-hybridized carbons (Fsp3) is 0.688. The second kappa shape index (κ2) is 6.34. The number of rotatable bonds is 4. The van der Waals surface area contributed by atoms with Crippen LogP contribution in [0.4, 0.5) is 13.2 Å². The van der Waals surface area contributed by atoms with Crippen LogP contribution in [0.3, 0.4) is 0 Å². The summed E-state index contributed by atoms with van der Waals surface area (Å²) in [6.07, 6.45) is 2.39. The molecule has 1 aliphatic rings. The van der Waals surface area contributed by atoms with Crippen molar-refractivity contribution in [3.8, 4) is 0 Å². The molecule has 1 aromatic rings. The molecule has 0 bridgehead atoms. The van der Waals surface area contributed by atoms with Crippen molar-refractivity contribution in [2.45, 2.75) is 64.2 Å². The van der Waals surface area contributed by atoms with Crippen LogP contribution in [0.25, 0.3) is 0 Å². The lowest BCUT2D eigenvalue weighted by Crippen LogP contribution is -2.50. The summed E-state index contributed by atoms with van der Waals surface area (Å²) in [5, 5.41) is 2.84. The van der Waals surface area contributed by atoms with Crippen LogP contribution in [0.15, 0.2) is 24.5 Å². The molecule has 0 aliphatic heterocycles. The first-order valence-corrected chi connectivity index (χ1v) is 7.48. The zero-order valence-corrected chi connectivity index (χ0v) is 12.6. The number of aromatic nitrogens is 1. The van der Waals surface area contributed by atoms with E-state index in [2.05, 4.69) is 24.1 Å². The highest BCUT2D eigenvalue weighted by molar-refractivity contribution is 5.12. The molecule has 0 radical (unpaired) electrons. The van der Waals surface area contributed by atoms with Gasteiger partial charge in [0.15, 0.2) is 0 Å². The van der Waals surface area contributed by atoms with Crippen LogP contribution in [-0.4, -0.2) is 23.2 Å². The molecule has 118 valence electrons. The van der Waals surface area contributed by atoms with Gasteiger partial charge in [-0.15, -0.1) is 0 Å². The Balaban J connectivity index is 1.98. The predicted octanol–water partition coefficient (Wildman–Crippen LogP) is 4.11. The van der Waals surface area contributed by atoms with Crippen LogP contribution in [0.5, 0.6) is 0 Å². The predicted molar refractivity (Wildman–Crippen MR) is 77.0 cm³/mol. The number of halogens is 3. The summed E-state index contributed by atoms with van der Waals surface area (Å²) >= 11 is 0. The highest BCUT2D eigenvalue weighted by Gasteiger charge is 2.41. The second-order valence-electron chi connectivity index (χ2n) is 6.76. The molecule has 0 spiro atoms. The van der Waals surface area contributed by atoms with Gasteiger partial charge in [0.1, 0.15) is 6.04 Å². The lowest BCUT2D eigenvalue weighted by molar-refractivity contribution is -0.158. The third-order valence-electron chi connectivity index (χ3n) is 4.36. The molecule has 5 heteroatoms. The molecule has 1 fully saturated rings. The maximum Gasteiger partial charge on any atom is 0.404 e. The molecule has 21 heavy (non-hydrogen) atoms. The maximum absolute atomic E-state index is 13.2. The van der Waals surface area contributed by atoms with Crippen molar-refractivity contribution >= 4 is 0 Å². The average molecular weight is 300 g/mol. The number of nitrogens with one attached hydrogen (secondary N) is 1. The monoisotopic (exact) mass is 300 g/mol. The Hall–Kier alpha value is -1.10. The van der Waals surface area contributed by atoms with E-state index in [0.717, 1.165) is 25.7 Å². The molecule has 0 amide bonds. The van der Waals surface area contributed by atoms with Crippen LogP contribution in [0.2, 0.25) is 0 Å². The minimum Gasteiger partial charge on any atom is -0.303 e. The summed E-state index contributed by atoms with van der Waals surface area (Å²) in [6, 6.07) is 1.77. The van der Waals surface area contributed by atoms with Crippen LogP contribution in [-0.2, 0) is 6.42 Å². The standard InChI is InChI=1S/C16H23F3N2/c1-15(2)7-3-13(4-8-15)21-14(16(17,18)19)11-12-5-9-20-10-6-12/h5-6,9-10,13-14,21H,3-4,7-8,11H2,1-2H3/t14-/m0/s1. The first-order chi connectivity index (χ1) is 9.76. The molecule has 0 unspecified atom stereocenters. The van der Waals surface area contributed by atoms with Crippen LogP contribution >= 0.6 is 0 Å². The molecule has 1 aromatic heterocycles. The molecule has 2 nitrogen and oxygen atoms in total. The van der Waals surface area contributed by atoms with Gasteiger partial charge in [0.05, 0.1) is 0 Å². The van der Waals surface area contributed by atoms with E-state index >= 15 is 0 Å². The summed E-state index contributed by atoms with van der Waals surface area (Å²) in [4.78, 5) is 3.84. The SMILES string of the molecule is CC1(C)CCC(N[C@@H](Cc2ccncc2)C(F)(F)F)CC1. The van der Waals surface area contributed by atoms with E-state index in [1.54, 1.807) is 12.1 Å². The van der Waals surface area contributed by atoms with Gasteiger partial charge in [-0.05, 0) is 55.2 Å². The first-order valence-electron chi connectivity index (χ1n) is 7.48. The van der Waals surface area contributed by atoms with Crippen molar-refractivity contribution in [2.75, 3.05) is 0 Å². The van der Waals surface area contributed by atoms with E-state index in [0.29, 0.717) is 5.56 Å². The quantitative estimate of drug-likeness (QED) is 0.905. The third kappa shape index (κ3) is 4.99. The number of hydrogen-bond acceptors (Lipinski definition) is 2. The Morgan fingerprint density at radius 3 is 2.33 bits per heavy atom. The molecular weight excluding hydrogens is 277 g/mol. The van der Waals surface area contributed by atoms with E-state index in [-0.39, 0.29) is 17.9 Å². The fourth-order valence-corrected chi connectivity index (χ4v) is 2.87. The third-order valence-corrected chi connectivity index (χ3v) is 4.36. The summed E-state index contributed by atoms with van der Waals surface area (Å²) in [6.45, 7) is 4.36. The largest absolute Gasteiger partial charge is 0.404 e. The van der Waals surface area contributed by atoms with Gasteiger partial charge in [-0.25, -0.2) is 0 Å². The smallest absolute Gasteiger partial charge is 0.303 e. The molecule has 1 atom stereocenters. The Kier molecular flexibility index (Phi) is 4.91. The number of nitrogens with zero attached hydrogens (tertiary/aromatic N) is 1. The van der Waals surface area contributed by atoms with Gasteiger partial charge in [-0.1, -0.05) is 13.8 Å². The summed E-state index contributed by atoms with van der Waals surface area (Å²) in [7, 11) is 0. The van der Waals surface area contributed by atoms with Gasteiger partial charge in [-0.2, -0.15) is 13.2 Å². The van der Waals surface area contributed by atoms with Crippen molar-refractivity contribution in [2.24, 2.45) is 5.41 Å². The lowest BCUT2D eigenvalue weighted by atomic mass is 9.75. The number of hydrogen-bond donors (Lipinski definition) is 1. The van der Waals surface area contributed by atoms with Gasteiger partial charge in [0, 0.05) is 18.4 Å². The first kappa shape index (κ1) is 16.3.